The van der Waals surface area contributed by atoms with Crippen LogP contribution in [0, 0.1) is 11.3 Å². The molecule has 2 unspecified atom stereocenters. The van der Waals surface area contributed by atoms with Gasteiger partial charge in [0.2, 0.25) is 5.91 Å². The van der Waals surface area contributed by atoms with E-state index in [2.05, 4.69) is 34.8 Å². The molecule has 1 rings (SSSR count). The van der Waals surface area contributed by atoms with Gasteiger partial charge in [0.25, 0.3) is 0 Å². The Kier molecular flexibility index (Phi) is 10.0. The molecule has 1 fully saturated rings. The van der Waals surface area contributed by atoms with Gasteiger partial charge in [0.15, 0.2) is 5.96 Å². The van der Waals surface area contributed by atoms with Crippen molar-refractivity contribution >= 4 is 35.8 Å². The number of hydrogen-bond donors (Lipinski definition) is 3. The Morgan fingerprint density at radius 1 is 1.32 bits per heavy atom. The van der Waals surface area contributed by atoms with Crippen molar-refractivity contribution in [3.8, 4) is 0 Å². The molecule has 22 heavy (non-hydrogen) atoms. The molecule has 1 saturated carbocycles. The molecule has 1 aliphatic carbocycles. The first-order chi connectivity index (χ1) is 9.89. The molecular formula is C16H33IN4O. The largest absolute Gasteiger partial charge is 0.359 e. The van der Waals surface area contributed by atoms with E-state index >= 15 is 0 Å². The fourth-order valence-electron chi connectivity index (χ4n) is 2.77. The lowest BCUT2D eigenvalue weighted by Gasteiger charge is -2.29. The number of nitrogens with zero attached hydrogens (tertiary/aromatic N) is 1. The summed E-state index contributed by atoms with van der Waals surface area (Å²) in [6, 6.07) is 0.495. The van der Waals surface area contributed by atoms with Gasteiger partial charge in [-0.15, -0.1) is 24.0 Å². The summed E-state index contributed by atoms with van der Waals surface area (Å²) in [6.45, 7) is 9.51. The van der Waals surface area contributed by atoms with E-state index in [4.69, 9.17) is 0 Å². The smallest absolute Gasteiger partial charge is 0.227 e. The lowest BCUT2D eigenvalue weighted by Crippen LogP contribution is -2.46. The molecule has 0 spiro atoms. The lowest BCUT2D eigenvalue weighted by molar-refractivity contribution is -0.128. The molecule has 0 aromatic carbocycles. The minimum atomic E-state index is -0.489. The zero-order valence-electron chi connectivity index (χ0n) is 14.7. The SMILES string of the molecule is CCNC(=NCC(C)(C)C(=O)NC)NC1CCCC(C)C1.I. The molecule has 6 heteroatoms. The van der Waals surface area contributed by atoms with Crippen molar-refractivity contribution in [3.63, 3.8) is 0 Å². The van der Waals surface area contributed by atoms with Gasteiger partial charge in [0, 0.05) is 19.6 Å². The van der Waals surface area contributed by atoms with Crippen molar-refractivity contribution in [2.45, 2.75) is 59.4 Å². The number of guanidine groups is 1. The Balaban J connectivity index is 0.00000441. The van der Waals surface area contributed by atoms with Crippen LogP contribution in [0.5, 0.6) is 0 Å². The van der Waals surface area contributed by atoms with Crippen LogP contribution in [-0.2, 0) is 4.79 Å². The number of rotatable bonds is 5. The highest BCUT2D eigenvalue weighted by Crippen LogP contribution is 2.23. The molecule has 1 amide bonds. The quantitative estimate of drug-likeness (QED) is 0.361. The first kappa shape index (κ1) is 21.5. The van der Waals surface area contributed by atoms with Crippen LogP contribution in [0.2, 0.25) is 0 Å². The molecule has 0 radical (unpaired) electrons. The van der Waals surface area contributed by atoms with Crippen LogP contribution in [0.3, 0.4) is 0 Å². The predicted molar refractivity (Wildman–Crippen MR) is 104 cm³/mol. The topological polar surface area (TPSA) is 65.5 Å². The fraction of sp³-hybridized carbons (Fsp3) is 0.875. The molecule has 1 aliphatic rings. The highest BCUT2D eigenvalue weighted by Gasteiger charge is 2.26. The van der Waals surface area contributed by atoms with Crippen molar-refractivity contribution in [3.05, 3.63) is 0 Å². The van der Waals surface area contributed by atoms with Gasteiger partial charge < -0.3 is 16.0 Å². The first-order valence-corrected chi connectivity index (χ1v) is 8.16. The third-order valence-electron chi connectivity index (χ3n) is 4.10. The van der Waals surface area contributed by atoms with Crippen molar-refractivity contribution in [2.24, 2.45) is 16.3 Å². The molecule has 5 nitrogen and oxygen atoms in total. The van der Waals surface area contributed by atoms with E-state index in [0.29, 0.717) is 12.6 Å². The summed E-state index contributed by atoms with van der Waals surface area (Å²) in [7, 11) is 1.67. The molecule has 2 atom stereocenters. The molecule has 3 N–H and O–H groups in total. The minimum absolute atomic E-state index is 0. The lowest BCUT2D eigenvalue weighted by atomic mass is 9.87. The van der Waals surface area contributed by atoms with Crippen LogP contribution in [0.25, 0.3) is 0 Å². The van der Waals surface area contributed by atoms with Gasteiger partial charge in [-0.25, -0.2) is 0 Å². The van der Waals surface area contributed by atoms with Gasteiger partial charge in [-0.2, -0.15) is 0 Å². The third kappa shape index (κ3) is 7.15. The second-order valence-electron chi connectivity index (χ2n) is 6.77. The van der Waals surface area contributed by atoms with E-state index in [1.54, 1.807) is 7.05 Å². The van der Waals surface area contributed by atoms with E-state index < -0.39 is 5.41 Å². The third-order valence-corrected chi connectivity index (χ3v) is 4.10. The second-order valence-corrected chi connectivity index (χ2v) is 6.77. The van der Waals surface area contributed by atoms with Crippen LogP contribution in [0.15, 0.2) is 4.99 Å². The summed E-state index contributed by atoms with van der Waals surface area (Å²) in [5, 5.41) is 9.50. The molecule has 0 aromatic rings. The van der Waals surface area contributed by atoms with Gasteiger partial charge in [0.05, 0.1) is 12.0 Å². The van der Waals surface area contributed by atoms with Crippen LogP contribution >= 0.6 is 24.0 Å². The van der Waals surface area contributed by atoms with Crippen molar-refractivity contribution < 1.29 is 4.79 Å². The van der Waals surface area contributed by atoms with Gasteiger partial charge in [-0.05, 0) is 39.5 Å². The summed E-state index contributed by atoms with van der Waals surface area (Å²) in [6.07, 6.45) is 5.01. The highest BCUT2D eigenvalue weighted by molar-refractivity contribution is 14.0. The van der Waals surface area contributed by atoms with Crippen LogP contribution in [-0.4, -0.2) is 38.0 Å². The number of hydrogen-bond acceptors (Lipinski definition) is 2. The average Bonchev–Trinajstić information content (AvgIpc) is 2.44. The van der Waals surface area contributed by atoms with Crippen molar-refractivity contribution in [1.29, 1.82) is 0 Å². The van der Waals surface area contributed by atoms with Crippen LogP contribution < -0.4 is 16.0 Å². The zero-order valence-corrected chi connectivity index (χ0v) is 17.0. The van der Waals surface area contributed by atoms with E-state index in [1.165, 1.54) is 25.7 Å². The first-order valence-electron chi connectivity index (χ1n) is 8.16. The minimum Gasteiger partial charge on any atom is -0.359 e. The standard InChI is InChI=1S/C16H32N4O.HI/c1-6-18-15(19-11-16(3,4)14(21)17-5)20-13-9-7-8-12(2)10-13;/h12-13H,6-11H2,1-5H3,(H,17,21)(H2,18,19,20);1H. The second kappa shape index (κ2) is 10.3. The number of carbonyl (C=O) groups excluding carboxylic acids is 1. The number of halogens is 1. The normalized spacial score (nSPS) is 22.5. The maximum atomic E-state index is 11.8. The Labute approximate surface area is 152 Å². The monoisotopic (exact) mass is 424 g/mol. The summed E-state index contributed by atoms with van der Waals surface area (Å²) < 4.78 is 0. The Morgan fingerprint density at radius 2 is 2.00 bits per heavy atom. The summed E-state index contributed by atoms with van der Waals surface area (Å²) in [5.41, 5.74) is -0.489. The van der Waals surface area contributed by atoms with Crippen molar-refractivity contribution in [2.75, 3.05) is 20.1 Å². The number of nitrogens with one attached hydrogen (secondary N) is 3. The predicted octanol–water partition coefficient (Wildman–Crippen LogP) is 2.51. The molecular weight excluding hydrogens is 391 g/mol. The van der Waals surface area contributed by atoms with E-state index in [1.807, 2.05) is 13.8 Å². The molecule has 0 bridgehead atoms. The van der Waals surface area contributed by atoms with Crippen LogP contribution in [0.4, 0.5) is 0 Å². The molecule has 0 saturated heterocycles. The van der Waals surface area contributed by atoms with Crippen LogP contribution in [0.1, 0.15) is 53.4 Å². The Bertz CT molecular complexity index is 371. The van der Waals surface area contributed by atoms with E-state index in [9.17, 15) is 4.79 Å². The van der Waals surface area contributed by atoms with Crippen molar-refractivity contribution in [1.82, 2.24) is 16.0 Å². The summed E-state index contributed by atoms with van der Waals surface area (Å²) in [4.78, 5) is 16.4. The highest BCUT2D eigenvalue weighted by atomic mass is 127. The molecule has 0 aromatic heterocycles. The Morgan fingerprint density at radius 3 is 2.55 bits per heavy atom. The van der Waals surface area contributed by atoms with Gasteiger partial charge in [0.1, 0.15) is 0 Å². The summed E-state index contributed by atoms with van der Waals surface area (Å²) in [5.74, 6) is 1.63. The average molecular weight is 424 g/mol. The fourth-order valence-corrected chi connectivity index (χ4v) is 2.77. The van der Waals surface area contributed by atoms with Gasteiger partial charge in [-0.3, -0.25) is 9.79 Å². The van der Waals surface area contributed by atoms with Gasteiger partial charge in [-0.1, -0.05) is 19.8 Å². The Hall–Kier alpha value is -0.530. The number of amides is 1. The van der Waals surface area contributed by atoms with Gasteiger partial charge >= 0.3 is 0 Å². The number of carbonyl (C=O) groups is 1. The maximum Gasteiger partial charge on any atom is 0.227 e. The maximum absolute atomic E-state index is 11.8. The zero-order chi connectivity index (χ0) is 15.9. The van der Waals surface area contributed by atoms with E-state index in [0.717, 1.165) is 18.4 Å². The number of aliphatic imine (C=N–C) groups is 1. The molecule has 0 aliphatic heterocycles. The molecule has 130 valence electrons. The summed E-state index contributed by atoms with van der Waals surface area (Å²) >= 11 is 0. The van der Waals surface area contributed by atoms with E-state index in [-0.39, 0.29) is 29.9 Å². The molecule has 0 heterocycles.